The van der Waals surface area contributed by atoms with Gasteiger partial charge in [-0.3, -0.25) is 0 Å². The van der Waals surface area contributed by atoms with Gasteiger partial charge in [0.2, 0.25) is 0 Å². The van der Waals surface area contributed by atoms with Crippen molar-refractivity contribution in [3.63, 3.8) is 0 Å². The van der Waals surface area contributed by atoms with Crippen molar-refractivity contribution in [1.82, 2.24) is 0 Å². The van der Waals surface area contributed by atoms with E-state index in [9.17, 15) is 8.78 Å². The van der Waals surface area contributed by atoms with Gasteiger partial charge >= 0.3 is 7.69 Å². The zero-order chi connectivity index (χ0) is 16.7. The molecule has 7 heteroatoms. The van der Waals surface area contributed by atoms with E-state index in [1.165, 1.54) is 24.3 Å². The lowest BCUT2D eigenvalue weighted by Crippen LogP contribution is -2.11. The summed E-state index contributed by atoms with van der Waals surface area (Å²) in [7, 11) is -0.204. The van der Waals surface area contributed by atoms with E-state index in [4.69, 9.17) is 18.8 Å². The molecule has 0 fully saturated rings. The van der Waals surface area contributed by atoms with Crippen molar-refractivity contribution in [1.29, 1.82) is 0 Å². The third-order valence-corrected chi connectivity index (χ3v) is 2.76. The summed E-state index contributed by atoms with van der Waals surface area (Å²) in [5.41, 5.74) is 0. The highest BCUT2D eigenvalue weighted by atomic mass is 19.1. The Kier molecular flexibility index (Phi) is 6.08. The number of hydrogen-bond acceptors (Lipinski definition) is 4. The molecule has 0 saturated carbocycles. The molecule has 0 aromatic heterocycles. The Hall–Kier alpha value is -2.44. The minimum Gasteiger partial charge on any atom is -0.528 e. The molecule has 0 N–H and O–H groups in total. The summed E-state index contributed by atoms with van der Waals surface area (Å²) in [6.07, 6.45) is 0. The van der Waals surface area contributed by atoms with E-state index in [2.05, 4.69) is 0 Å². The molecule has 0 atom stereocenters. The second-order valence-corrected chi connectivity index (χ2v) is 4.52. The summed E-state index contributed by atoms with van der Waals surface area (Å²) in [5, 5.41) is 0. The second kappa shape index (κ2) is 8.26. The molecule has 2 aromatic carbocycles. The van der Waals surface area contributed by atoms with Gasteiger partial charge in [0.1, 0.15) is 34.6 Å². The SMILES string of the molecule is CCOc1cc(F)cc(OBOc2cc(F)cc(OCC)c2)c1. The molecule has 0 aliphatic rings. The third kappa shape index (κ3) is 5.36. The first-order chi connectivity index (χ1) is 11.1. The van der Waals surface area contributed by atoms with Crippen molar-refractivity contribution in [2.75, 3.05) is 13.2 Å². The van der Waals surface area contributed by atoms with Crippen molar-refractivity contribution in [2.24, 2.45) is 0 Å². The molecule has 0 unspecified atom stereocenters. The van der Waals surface area contributed by atoms with Gasteiger partial charge in [0.15, 0.2) is 0 Å². The van der Waals surface area contributed by atoms with Gasteiger partial charge in [-0.1, -0.05) is 0 Å². The van der Waals surface area contributed by atoms with Crippen LogP contribution in [0.2, 0.25) is 0 Å². The molecule has 2 rings (SSSR count). The van der Waals surface area contributed by atoms with Gasteiger partial charge in [-0.05, 0) is 13.8 Å². The summed E-state index contributed by atoms with van der Waals surface area (Å²) in [4.78, 5) is 0. The lowest BCUT2D eigenvalue weighted by molar-refractivity contribution is 0.335. The van der Waals surface area contributed by atoms with E-state index in [1.807, 2.05) is 0 Å². The highest BCUT2D eigenvalue weighted by Crippen LogP contribution is 2.24. The van der Waals surface area contributed by atoms with E-state index >= 15 is 0 Å². The van der Waals surface area contributed by atoms with E-state index in [0.29, 0.717) is 24.7 Å². The average Bonchev–Trinajstić information content (AvgIpc) is 2.47. The van der Waals surface area contributed by atoms with Crippen LogP contribution in [0.5, 0.6) is 23.0 Å². The maximum atomic E-state index is 13.4. The molecular weight excluding hydrogens is 305 g/mol. The maximum Gasteiger partial charge on any atom is 0.576 e. The van der Waals surface area contributed by atoms with Crippen molar-refractivity contribution in [2.45, 2.75) is 13.8 Å². The Bertz CT molecular complexity index is 596. The van der Waals surface area contributed by atoms with Gasteiger partial charge in [0.25, 0.3) is 0 Å². The van der Waals surface area contributed by atoms with Crippen molar-refractivity contribution < 1.29 is 27.6 Å². The Morgan fingerprint density at radius 1 is 0.696 bits per heavy atom. The number of halogens is 2. The molecule has 0 bridgehead atoms. The zero-order valence-electron chi connectivity index (χ0n) is 13.0. The van der Waals surface area contributed by atoms with E-state index in [1.54, 1.807) is 26.0 Å². The fraction of sp³-hybridized carbons (Fsp3) is 0.250. The summed E-state index contributed by atoms with van der Waals surface area (Å²) >= 11 is 0. The summed E-state index contributed by atoms with van der Waals surface area (Å²) in [6, 6.07) is 8.04. The van der Waals surface area contributed by atoms with Crippen LogP contribution in [0.3, 0.4) is 0 Å². The highest BCUT2D eigenvalue weighted by molar-refractivity contribution is 6.20. The minimum atomic E-state index is -0.477. The highest BCUT2D eigenvalue weighted by Gasteiger charge is 2.07. The smallest absolute Gasteiger partial charge is 0.528 e. The lowest BCUT2D eigenvalue weighted by Gasteiger charge is -2.11. The van der Waals surface area contributed by atoms with Crippen LogP contribution in [0.1, 0.15) is 13.8 Å². The van der Waals surface area contributed by atoms with Crippen LogP contribution < -0.4 is 18.8 Å². The number of benzene rings is 2. The molecule has 23 heavy (non-hydrogen) atoms. The first-order valence-corrected chi connectivity index (χ1v) is 7.23. The molecule has 0 spiro atoms. The van der Waals surface area contributed by atoms with E-state index in [-0.39, 0.29) is 19.2 Å². The third-order valence-electron chi connectivity index (χ3n) is 2.76. The van der Waals surface area contributed by atoms with Crippen LogP contribution in [0.4, 0.5) is 8.78 Å². The van der Waals surface area contributed by atoms with Crippen LogP contribution >= 0.6 is 0 Å². The zero-order valence-corrected chi connectivity index (χ0v) is 13.0. The summed E-state index contributed by atoms with van der Waals surface area (Å²) < 4.78 is 47.9. The normalized spacial score (nSPS) is 10.1. The summed E-state index contributed by atoms with van der Waals surface area (Å²) in [5.74, 6) is 0.300. The second-order valence-electron chi connectivity index (χ2n) is 4.52. The van der Waals surface area contributed by atoms with Crippen molar-refractivity contribution in [3.05, 3.63) is 48.0 Å². The molecule has 0 heterocycles. The lowest BCUT2D eigenvalue weighted by atomic mass is 10.2. The Morgan fingerprint density at radius 3 is 1.48 bits per heavy atom. The molecule has 2 aromatic rings. The van der Waals surface area contributed by atoms with Crippen LogP contribution in [-0.4, -0.2) is 20.9 Å². The Morgan fingerprint density at radius 2 is 1.09 bits per heavy atom. The largest absolute Gasteiger partial charge is 0.576 e. The fourth-order valence-corrected chi connectivity index (χ4v) is 1.91. The quantitative estimate of drug-likeness (QED) is 0.697. The van der Waals surface area contributed by atoms with E-state index in [0.717, 1.165) is 0 Å². The topological polar surface area (TPSA) is 36.9 Å². The number of hydrogen-bond donors (Lipinski definition) is 0. The monoisotopic (exact) mass is 322 g/mol. The van der Waals surface area contributed by atoms with Gasteiger partial charge in [-0.25, -0.2) is 8.78 Å². The first kappa shape index (κ1) is 16.9. The van der Waals surface area contributed by atoms with Crippen LogP contribution in [0.25, 0.3) is 0 Å². The Balaban J connectivity index is 1.97. The van der Waals surface area contributed by atoms with Gasteiger partial charge in [-0.15, -0.1) is 0 Å². The molecular formula is C16H17BF2O4. The predicted octanol–water partition coefficient (Wildman–Crippen LogP) is 3.49. The average molecular weight is 322 g/mol. The molecule has 0 radical (unpaired) electrons. The molecule has 0 amide bonds. The fourth-order valence-electron chi connectivity index (χ4n) is 1.91. The molecule has 0 aliphatic heterocycles. The van der Waals surface area contributed by atoms with Crippen LogP contribution in [0.15, 0.2) is 36.4 Å². The van der Waals surface area contributed by atoms with Crippen LogP contribution in [-0.2, 0) is 0 Å². The summed E-state index contributed by atoms with van der Waals surface area (Å²) in [6.45, 7) is 4.44. The molecule has 4 nitrogen and oxygen atoms in total. The first-order valence-electron chi connectivity index (χ1n) is 7.23. The molecule has 122 valence electrons. The Labute approximate surface area is 134 Å². The van der Waals surface area contributed by atoms with Crippen molar-refractivity contribution in [3.8, 4) is 23.0 Å². The van der Waals surface area contributed by atoms with E-state index < -0.39 is 11.6 Å². The van der Waals surface area contributed by atoms with Crippen LogP contribution in [0, 0.1) is 11.6 Å². The minimum absolute atomic E-state index is 0.204. The standard InChI is InChI=1S/C16H17BF2O4/c1-3-20-13-5-11(18)7-15(9-13)22-17-23-16-8-12(19)6-14(10-16)21-4-2/h5-10,17H,3-4H2,1-2H3. The van der Waals surface area contributed by atoms with Gasteiger partial charge < -0.3 is 18.8 Å². The molecule has 0 aliphatic carbocycles. The predicted molar refractivity (Wildman–Crippen MR) is 83.5 cm³/mol. The van der Waals surface area contributed by atoms with Crippen molar-refractivity contribution >= 4 is 7.69 Å². The van der Waals surface area contributed by atoms with Gasteiger partial charge in [-0.2, -0.15) is 0 Å². The van der Waals surface area contributed by atoms with Gasteiger partial charge in [0, 0.05) is 36.4 Å². The number of ether oxygens (including phenoxy) is 2. The maximum absolute atomic E-state index is 13.4. The van der Waals surface area contributed by atoms with Gasteiger partial charge in [0.05, 0.1) is 13.2 Å². The number of rotatable bonds is 8. The molecule has 0 saturated heterocycles.